The van der Waals surface area contributed by atoms with Gasteiger partial charge in [-0.2, -0.15) is 5.10 Å². The molecule has 0 radical (unpaired) electrons. The van der Waals surface area contributed by atoms with Crippen molar-refractivity contribution in [2.24, 2.45) is 17.8 Å². The second-order valence-corrected chi connectivity index (χ2v) is 9.75. The Labute approximate surface area is 170 Å². The van der Waals surface area contributed by atoms with Gasteiger partial charge >= 0.3 is 0 Å². The van der Waals surface area contributed by atoms with E-state index in [0.717, 1.165) is 29.1 Å². The van der Waals surface area contributed by atoms with E-state index >= 15 is 0 Å². The van der Waals surface area contributed by atoms with Crippen LogP contribution in [-0.4, -0.2) is 26.2 Å². The van der Waals surface area contributed by atoms with Crippen LogP contribution >= 0.6 is 12.2 Å². The van der Waals surface area contributed by atoms with Crippen molar-refractivity contribution in [3.05, 3.63) is 34.6 Å². The Morgan fingerprint density at radius 2 is 1.79 bits per heavy atom. The molecule has 0 unspecified atom stereocenters. The Bertz CT molecular complexity index is 907. The molecule has 4 aliphatic rings. The van der Waals surface area contributed by atoms with Gasteiger partial charge in [0.1, 0.15) is 0 Å². The monoisotopic (exact) mass is 396 g/mol. The van der Waals surface area contributed by atoms with Crippen molar-refractivity contribution < 1.29 is 4.79 Å². The molecule has 0 saturated heterocycles. The number of aromatic amines is 1. The van der Waals surface area contributed by atoms with Crippen LogP contribution in [0.1, 0.15) is 50.5 Å². The Morgan fingerprint density at radius 1 is 1.18 bits per heavy atom. The maximum absolute atomic E-state index is 12.8. The summed E-state index contributed by atoms with van der Waals surface area (Å²) in [7, 11) is 0. The van der Waals surface area contributed by atoms with E-state index in [1.54, 1.807) is 0 Å². The van der Waals surface area contributed by atoms with Crippen LogP contribution in [0.2, 0.25) is 0 Å². The highest BCUT2D eigenvalue weighted by atomic mass is 32.1. The number of nitrogens with zero attached hydrogens (tertiary/aromatic N) is 2. The van der Waals surface area contributed by atoms with Gasteiger partial charge in [0.05, 0.1) is 0 Å². The summed E-state index contributed by atoms with van der Waals surface area (Å²) in [5.41, 5.74) is 2.29. The van der Waals surface area contributed by atoms with Crippen LogP contribution in [0.5, 0.6) is 0 Å². The highest BCUT2D eigenvalue weighted by Gasteiger charge is 2.51. The summed E-state index contributed by atoms with van der Waals surface area (Å²) in [4.78, 5) is 12.8. The fourth-order valence-corrected chi connectivity index (χ4v) is 6.51. The van der Waals surface area contributed by atoms with Crippen molar-refractivity contribution in [3.8, 4) is 11.4 Å². The number of rotatable bonds is 5. The number of aromatic nitrogens is 3. The van der Waals surface area contributed by atoms with Gasteiger partial charge < -0.3 is 5.32 Å². The second kappa shape index (κ2) is 6.83. The summed E-state index contributed by atoms with van der Waals surface area (Å²) in [6.45, 7) is 2.62. The van der Waals surface area contributed by atoms with Gasteiger partial charge in [-0.15, -0.1) is 0 Å². The van der Waals surface area contributed by atoms with Gasteiger partial charge in [0, 0.05) is 24.1 Å². The van der Waals surface area contributed by atoms with Crippen molar-refractivity contribution >= 4 is 18.1 Å². The molecular weight excluding hydrogens is 368 g/mol. The zero-order valence-corrected chi connectivity index (χ0v) is 17.2. The molecule has 6 heteroatoms. The van der Waals surface area contributed by atoms with Gasteiger partial charge in [0.15, 0.2) is 10.6 Å². The molecule has 5 nitrogen and oxygen atoms in total. The van der Waals surface area contributed by atoms with E-state index in [2.05, 4.69) is 34.6 Å². The molecule has 0 spiro atoms. The lowest BCUT2D eigenvalue weighted by atomic mass is 9.53. The zero-order valence-electron chi connectivity index (χ0n) is 16.4. The third kappa shape index (κ3) is 3.32. The van der Waals surface area contributed by atoms with Crippen LogP contribution in [0.4, 0.5) is 0 Å². The van der Waals surface area contributed by atoms with Gasteiger partial charge in [-0.05, 0) is 75.4 Å². The van der Waals surface area contributed by atoms with E-state index in [1.165, 1.54) is 44.1 Å². The van der Waals surface area contributed by atoms with Crippen molar-refractivity contribution in [2.45, 2.75) is 64.0 Å². The minimum atomic E-state index is 0.0729. The lowest BCUT2D eigenvalue weighted by molar-refractivity contribution is -0.127. The molecule has 4 bridgehead atoms. The highest BCUT2D eigenvalue weighted by molar-refractivity contribution is 7.71. The number of nitrogens with one attached hydrogen (secondary N) is 2. The molecule has 4 fully saturated rings. The molecule has 0 atom stereocenters. The molecule has 1 aromatic carbocycles. The van der Waals surface area contributed by atoms with Crippen LogP contribution in [-0.2, 0) is 11.3 Å². The molecule has 28 heavy (non-hydrogen) atoms. The zero-order chi connectivity index (χ0) is 19.3. The summed E-state index contributed by atoms with van der Waals surface area (Å²) in [5, 5.41) is 10.7. The molecule has 0 aliphatic heterocycles. The van der Waals surface area contributed by atoms with Gasteiger partial charge in [-0.25, -0.2) is 0 Å². The van der Waals surface area contributed by atoms with Gasteiger partial charge in [-0.3, -0.25) is 14.5 Å². The summed E-state index contributed by atoms with van der Waals surface area (Å²) in [5.74, 6) is 3.46. The predicted molar refractivity (Wildman–Crippen MR) is 111 cm³/mol. The van der Waals surface area contributed by atoms with Crippen molar-refractivity contribution in [3.63, 3.8) is 0 Å². The maximum atomic E-state index is 12.8. The second-order valence-electron chi connectivity index (χ2n) is 9.37. The Morgan fingerprint density at radius 3 is 2.39 bits per heavy atom. The van der Waals surface area contributed by atoms with Crippen LogP contribution in [0, 0.1) is 29.4 Å². The number of carbonyl (C=O) groups is 1. The van der Waals surface area contributed by atoms with Crippen LogP contribution < -0.4 is 5.32 Å². The van der Waals surface area contributed by atoms with Crippen molar-refractivity contribution in [1.29, 1.82) is 0 Å². The Kier molecular flexibility index (Phi) is 4.42. The van der Waals surface area contributed by atoms with Gasteiger partial charge in [-0.1, -0.05) is 29.8 Å². The smallest absolute Gasteiger partial charge is 0.222 e. The number of benzene rings is 1. The largest absolute Gasteiger partial charge is 0.351 e. The normalized spacial score (nSPS) is 30.5. The molecule has 1 amide bonds. The first-order valence-corrected chi connectivity index (χ1v) is 10.9. The number of aryl methyl sites for hydroxylation is 1. The highest BCUT2D eigenvalue weighted by Crippen LogP contribution is 2.55. The minimum Gasteiger partial charge on any atom is -0.351 e. The minimum absolute atomic E-state index is 0.0729. The van der Waals surface area contributed by atoms with E-state index in [4.69, 9.17) is 12.2 Å². The third-order valence-electron chi connectivity index (χ3n) is 7.07. The summed E-state index contributed by atoms with van der Waals surface area (Å²) >= 11 is 5.42. The average molecular weight is 397 g/mol. The summed E-state index contributed by atoms with van der Waals surface area (Å²) < 4.78 is 2.51. The first kappa shape index (κ1) is 18.1. The summed E-state index contributed by atoms with van der Waals surface area (Å²) in [6.07, 6.45) is 8.16. The van der Waals surface area contributed by atoms with E-state index in [-0.39, 0.29) is 11.4 Å². The molecule has 2 N–H and O–H groups in total. The first-order valence-electron chi connectivity index (χ1n) is 10.5. The standard InChI is InChI=1S/C22H28N4OS/c1-14-2-4-18(5-3-14)20-24-25-21(28)26(20)7-6-19(27)23-22-11-15-8-16(12-22)10-17(9-15)13-22/h2-5,15-17H,6-13H2,1H3,(H,23,27)(H,25,28). The number of hydrogen-bond donors (Lipinski definition) is 2. The molecule has 6 rings (SSSR count). The van der Waals surface area contributed by atoms with Crippen molar-refractivity contribution in [1.82, 2.24) is 20.1 Å². The lowest BCUT2D eigenvalue weighted by Crippen LogP contribution is -2.59. The molecule has 148 valence electrons. The average Bonchev–Trinajstić information content (AvgIpc) is 2.99. The molecule has 4 saturated carbocycles. The SMILES string of the molecule is Cc1ccc(-c2n[nH]c(=S)n2CCC(=O)NC23CC4CC(CC(C4)C2)C3)cc1. The fraction of sp³-hybridized carbons (Fsp3) is 0.591. The Balaban J connectivity index is 1.27. The van der Waals surface area contributed by atoms with Crippen molar-refractivity contribution in [2.75, 3.05) is 0 Å². The first-order chi connectivity index (χ1) is 13.5. The third-order valence-corrected chi connectivity index (χ3v) is 7.39. The quantitative estimate of drug-likeness (QED) is 0.737. The van der Waals surface area contributed by atoms with Crippen LogP contribution in [0.15, 0.2) is 24.3 Å². The van der Waals surface area contributed by atoms with Gasteiger partial charge in [0.25, 0.3) is 0 Å². The Hall–Kier alpha value is -1.95. The van der Waals surface area contributed by atoms with Crippen LogP contribution in [0.3, 0.4) is 0 Å². The molecule has 1 aromatic heterocycles. The number of carbonyl (C=O) groups excluding carboxylic acids is 1. The van der Waals surface area contributed by atoms with E-state index in [1.807, 2.05) is 16.7 Å². The fourth-order valence-electron chi connectivity index (χ4n) is 6.28. The molecular formula is C22H28N4OS. The van der Waals surface area contributed by atoms with E-state index in [9.17, 15) is 4.79 Å². The maximum Gasteiger partial charge on any atom is 0.222 e. The van der Waals surface area contributed by atoms with Gasteiger partial charge in [0.2, 0.25) is 5.91 Å². The predicted octanol–water partition coefficient (Wildman–Crippen LogP) is 4.39. The van der Waals surface area contributed by atoms with E-state index in [0.29, 0.717) is 17.7 Å². The molecule has 1 heterocycles. The van der Waals surface area contributed by atoms with E-state index < -0.39 is 0 Å². The number of hydrogen-bond acceptors (Lipinski definition) is 3. The summed E-state index contributed by atoms with van der Waals surface area (Å²) in [6, 6.07) is 8.23. The topological polar surface area (TPSA) is 62.7 Å². The number of H-pyrrole nitrogens is 1. The lowest BCUT2D eigenvalue weighted by Gasteiger charge is -2.56. The molecule has 2 aromatic rings. The number of amides is 1. The molecule has 4 aliphatic carbocycles. The van der Waals surface area contributed by atoms with Crippen LogP contribution in [0.25, 0.3) is 11.4 Å².